The molecule has 2 aromatic rings. The first kappa shape index (κ1) is 20.6. The second-order valence-corrected chi connectivity index (χ2v) is 5.80. The maximum Gasteiger partial charge on any atom is 0.338 e. The second-order valence-electron chi connectivity index (χ2n) is 5.80. The van der Waals surface area contributed by atoms with Crippen LogP contribution in [0.15, 0.2) is 48.5 Å². The predicted octanol–water partition coefficient (Wildman–Crippen LogP) is 1.90. The highest BCUT2D eigenvalue weighted by molar-refractivity contribution is 5.93. The second kappa shape index (κ2) is 9.86. The van der Waals surface area contributed by atoms with Gasteiger partial charge in [0, 0.05) is 19.2 Å². The maximum atomic E-state index is 12.0. The fourth-order valence-corrected chi connectivity index (χ4v) is 2.24. The lowest BCUT2D eigenvalue weighted by Gasteiger charge is -2.08. The number of esters is 2. The van der Waals surface area contributed by atoms with Crippen LogP contribution in [0.4, 0.5) is 5.69 Å². The minimum atomic E-state index is -0.646. The average Bonchev–Trinajstić information content (AvgIpc) is 2.70. The molecule has 0 spiro atoms. The van der Waals surface area contributed by atoms with Crippen molar-refractivity contribution in [2.24, 2.45) is 0 Å². The van der Waals surface area contributed by atoms with Gasteiger partial charge in [-0.1, -0.05) is 12.1 Å². The van der Waals surface area contributed by atoms with Crippen LogP contribution in [0.5, 0.6) is 0 Å². The number of methoxy groups -OCH3 is 1. The topological polar surface area (TPSA) is 111 Å². The Morgan fingerprint density at radius 3 is 2.00 bits per heavy atom. The minimum absolute atomic E-state index is 0.216. The van der Waals surface area contributed by atoms with Gasteiger partial charge in [-0.2, -0.15) is 0 Å². The summed E-state index contributed by atoms with van der Waals surface area (Å²) < 4.78 is 9.58. The van der Waals surface area contributed by atoms with Crippen LogP contribution in [-0.2, 0) is 25.6 Å². The zero-order chi connectivity index (χ0) is 20.5. The van der Waals surface area contributed by atoms with Gasteiger partial charge in [-0.15, -0.1) is 0 Å². The van der Waals surface area contributed by atoms with Crippen molar-refractivity contribution < 1.29 is 28.7 Å². The van der Waals surface area contributed by atoms with Gasteiger partial charge in [0.2, 0.25) is 5.91 Å². The number of anilines is 1. The zero-order valence-electron chi connectivity index (χ0n) is 15.5. The Hall–Kier alpha value is -3.68. The summed E-state index contributed by atoms with van der Waals surface area (Å²) in [7, 11) is 1.30. The van der Waals surface area contributed by atoms with Gasteiger partial charge in [0.25, 0.3) is 5.91 Å². The van der Waals surface area contributed by atoms with Crippen molar-refractivity contribution in [1.82, 2.24) is 5.32 Å². The molecule has 2 aromatic carbocycles. The number of rotatable bonds is 7. The fraction of sp³-hybridized carbons (Fsp3) is 0.200. The van der Waals surface area contributed by atoms with Gasteiger partial charge < -0.3 is 20.1 Å². The molecule has 8 heteroatoms. The average molecular weight is 384 g/mol. The molecule has 0 atom stereocenters. The van der Waals surface area contributed by atoms with Gasteiger partial charge in [0.1, 0.15) is 0 Å². The van der Waals surface area contributed by atoms with Crippen LogP contribution in [0.25, 0.3) is 0 Å². The first-order valence-corrected chi connectivity index (χ1v) is 8.38. The number of hydrogen-bond acceptors (Lipinski definition) is 6. The summed E-state index contributed by atoms with van der Waals surface area (Å²) in [6, 6.07) is 12.7. The molecule has 146 valence electrons. The Morgan fingerprint density at radius 2 is 1.43 bits per heavy atom. The smallest absolute Gasteiger partial charge is 0.338 e. The lowest BCUT2D eigenvalue weighted by molar-refractivity contribution is -0.124. The summed E-state index contributed by atoms with van der Waals surface area (Å²) in [5.41, 5.74) is 2.01. The molecule has 0 bridgehead atoms. The van der Waals surface area contributed by atoms with E-state index in [9.17, 15) is 19.2 Å². The molecule has 8 nitrogen and oxygen atoms in total. The van der Waals surface area contributed by atoms with Gasteiger partial charge in [-0.25, -0.2) is 9.59 Å². The number of carbonyl (C=O) groups is 4. The molecule has 0 aliphatic heterocycles. The molecule has 0 aliphatic carbocycles. The first-order valence-electron chi connectivity index (χ1n) is 8.38. The van der Waals surface area contributed by atoms with E-state index in [2.05, 4.69) is 15.4 Å². The third-order valence-electron chi connectivity index (χ3n) is 3.64. The fourth-order valence-electron chi connectivity index (χ4n) is 2.24. The highest BCUT2D eigenvalue weighted by Gasteiger charge is 2.11. The summed E-state index contributed by atoms with van der Waals surface area (Å²) in [4.78, 5) is 46.1. The van der Waals surface area contributed by atoms with E-state index < -0.39 is 24.5 Å². The quantitative estimate of drug-likeness (QED) is 0.706. The van der Waals surface area contributed by atoms with E-state index in [1.54, 1.807) is 36.4 Å². The van der Waals surface area contributed by atoms with Crippen molar-refractivity contribution in [3.8, 4) is 0 Å². The molecule has 2 rings (SSSR count). The molecule has 0 unspecified atom stereocenters. The molecule has 2 amide bonds. The lowest BCUT2D eigenvalue weighted by Crippen LogP contribution is -2.28. The number of ether oxygens (including phenoxy) is 2. The normalized spacial score (nSPS) is 9.93. The van der Waals surface area contributed by atoms with Crippen molar-refractivity contribution in [2.75, 3.05) is 19.0 Å². The van der Waals surface area contributed by atoms with E-state index in [1.165, 1.54) is 26.2 Å². The van der Waals surface area contributed by atoms with Crippen LogP contribution in [0, 0.1) is 0 Å². The van der Waals surface area contributed by atoms with Crippen LogP contribution in [0.2, 0.25) is 0 Å². The summed E-state index contributed by atoms with van der Waals surface area (Å²) in [5.74, 6) is -1.76. The Labute approximate surface area is 161 Å². The van der Waals surface area contributed by atoms with E-state index in [0.29, 0.717) is 11.3 Å². The molecule has 28 heavy (non-hydrogen) atoms. The molecule has 0 saturated carbocycles. The highest BCUT2D eigenvalue weighted by atomic mass is 16.5. The monoisotopic (exact) mass is 384 g/mol. The van der Waals surface area contributed by atoms with Crippen LogP contribution < -0.4 is 10.6 Å². The molecule has 0 heterocycles. The highest BCUT2D eigenvalue weighted by Crippen LogP contribution is 2.10. The van der Waals surface area contributed by atoms with Crippen molar-refractivity contribution in [1.29, 1.82) is 0 Å². The Morgan fingerprint density at radius 1 is 0.857 bits per heavy atom. The number of hydrogen-bond donors (Lipinski definition) is 2. The molecule has 0 fully saturated rings. The third kappa shape index (κ3) is 6.24. The van der Waals surface area contributed by atoms with Gasteiger partial charge in [-0.3, -0.25) is 9.59 Å². The number of benzene rings is 2. The van der Waals surface area contributed by atoms with E-state index in [1.807, 2.05) is 0 Å². The Kier molecular flexibility index (Phi) is 7.27. The molecular weight excluding hydrogens is 364 g/mol. The van der Waals surface area contributed by atoms with Gasteiger partial charge in [0.15, 0.2) is 6.61 Å². The molecular formula is C20H20N2O6. The lowest BCUT2D eigenvalue weighted by atomic mass is 10.1. The van der Waals surface area contributed by atoms with E-state index >= 15 is 0 Å². The number of nitrogens with one attached hydrogen (secondary N) is 2. The largest absolute Gasteiger partial charge is 0.465 e. The van der Waals surface area contributed by atoms with Gasteiger partial charge in [-0.05, 0) is 42.0 Å². The summed E-state index contributed by atoms with van der Waals surface area (Å²) in [6.45, 7) is 1.18. The van der Waals surface area contributed by atoms with Crippen molar-refractivity contribution >= 4 is 29.4 Å². The maximum absolute atomic E-state index is 12.0. The molecule has 0 radical (unpaired) electrons. The van der Waals surface area contributed by atoms with E-state index in [0.717, 1.165) is 5.56 Å². The summed E-state index contributed by atoms with van der Waals surface area (Å²) >= 11 is 0. The van der Waals surface area contributed by atoms with Gasteiger partial charge >= 0.3 is 11.9 Å². The zero-order valence-corrected chi connectivity index (χ0v) is 15.5. The van der Waals surface area contributed by atoms with Crippen LogP contribution >= 0.6 is 0 Å². The van der Waals surface area contributed by atoms with Crippen LogP contribution in [0.1, 0.15) is 33.2 Å². The van der Waals surface area contributed by atoms with Crippen molar-refractivity contribution in [3.05, 3.63) is 65.2 Å². The van der Waals surface area contributed by atoms with Crippen LogP contribution in [0.3, 0.4) is 0 Å². The Bertz CT molecular complexity index is 859. The number of amides is 2. The third-order valence-corrected chi connectivity index (χ3v) is 3.64. The minimum Gasteiger partial charge on any atom is -0.465 e. The van der Waals surface area contributed by atoms with Crippen molar-refractivity contribution in [2.45, 2.75) is 13.5 Å². The molecule has 0 aromatic heterocycles. The predicted molar refractivity (Wildman–Crippen MR) is 101 cm³/mol. The standard InChI is InChI=1S/C20H20N2O6/c1-13(23)22-17-9-7-16(8-10-17)20(26)28-12-18(24)21-11-14-3-5-15(6-4-14)19(25)27-2/h3-10H,11-12H2,1-2H3,(H,21,24)(H,22,23). The van der Waals surface area contributed by atoms with Gasteiger partial charge in [0.05, 0.1) is 18.2 Å². The molecule has 2 N–H and O–H groups in total. The SMILES string of the molecule is COC(=O)c1ccc(CNC(=O)COC(=O)c2ccc(NC(C)=O)cc2)cc1. The van der Waals surface area contributed by atoms with Crippen molar-refractivity contribution in [3.63, 3.8) is 0 Å². The summed E-state index contributed by atoms with van der Waals surface area (Å²) in [5, 5.41) is 5.20. The van der Waals surface area contributed by atoms with Crippen LogP contribution in [-0.4, -0.2) is 37.5 Å². The first-order chi connectivity index (χ1) is 13.4. The molecule has 0 aliphatic rings. The number of carbonyl (C=O) groups excluding carboxylic acids is 4. The van der Waals surface area contributed by atoms with E-state index in [-0.39, 0.29) is 18.0 Å². The summed E-state index contributed by atoms with van der Waals surface area (Å²) in [6.07, 6.45) is 0. The Balaban J connectivity index is 1.78. The van der Waals surface area contributed by atoms with E-state index in [4.69, 9.17) is 4.74 Å². The molecule has 0 saturated heterocycles.